The number of hydrogen-bond acceptors (Lipinski definition) is 2. The minimum atomic E-state index is 0.336. The van der Waals surface area contributed by atoms with Crippen molar-refractivity contribution >= 4 is 0 Å². The zero-order valence-electron chi connectivity index (χ0n) is 9.00. The van der Waals surface area contributed by atoms with Crippen molar-refractivity contribution in [3.05, 3.63) is 41.8 Å². The first-order valence-corrected chi connectivity index (χ1v) is 5.75. The van der Waals surface area contributed by atoms with Gasteiger partial charge in [0.1, 0.15) is 5.76 Å². The fourth-order valence-corrected chi connectivity index (χ4v) is 2.15. The second-order valence-corrected chi connectivity index (χ2v) is 4.17. The van der Waals surface area contributed by atoms with Crippen LogP contribution < -0.4 is 5.32 Å². The molecule has 1 aliphatic heterocycles. The van der Waals surface area contributed by atoms with Gasteiger partial charge in [-0.3, -0.25) is 0 Å². The lowest BCUT2D eigenvalue weighted by atomic mass is 9.96. The lowest BCUT2D eigenvalue weighted by Gasteiger charge is -2.17. The van der Waals surface area contributed by atoms with Gasteiger partial charge in [0.2, 0.25) is 0 Å². The molecule has 2 heteroatoms. The Kier molecular flexibility index (Phi) is 3.49. The van der Waals surface area contributed by atoms with Gasteiger partial charge in [-0.2, -0.15) is 0 Å². The molecule has 0 aromatic rings. The molecule has 0 saturated heterocycles. The molecule has 2 nitrogen and oxygen atoms in total. The summed E-state index contributed by atoms with van der Waals surface area (Å²) in [6.45, 7) is 0. The average Bonchev–Trinajstić information content (AvgIpc) is 2.59. The van der Waals surface area contributed by atoms with Gasteiger partial charge in [-0.05, 0) is 31.1 Å². The standard InChI is InChI=1S/C13H18NO/c15-12-8-5-9-14-13(10-12)11-6-3-1-2-4-7-11/h5,8-10,14-15H,1-4,6-7H2. The van der Waals surface area contributed by atoms with E-state index in [1.807, 2.05) is 18.4 Å². The maximum atomic E-state index is 9.54. The second-order valence-electron chi connectivity index (χ2n) is 4.17. The van der Waals surface area contributed by atoms with Gasteiger partial charge in [0.25, 0.3) is 0 Å². The van der Waals surface area contributed by atoms with E-state index in [2.05, 4.69) is 5.32 Å². The molecule has 0 aromatic heterocycles. The van der Waals surface area contributed by atoms with Gasteiger partial charge in [0, 0.05) is 17.8 Å². The Hall–Kier alpha value is -1.18. The van der Waals surface area contributed by atoms with Gasteiger partial charge in [0.15, 0.2) is 0 Å². The Bertz CT molecular complexity index is 294. The Morgan fingerprint density at radius 1 is 1.07 bits per heavy atom. The molecule has 0 unspecified atom stereocenters. The highest BCUT2D eigenvalue weighted by Crippen LogP contribution is 2.30. The van der Waals surface area contributed by atoms with Crippen molar-refractivity contribution in [3.63, 3.8) is 0 Å². The van der Waals surface area contributed by atoms with Crippen LogP contribution in [0.1, 0.15) is 38.5 Å². The summed E-state index contributed by atoms with van der Waals surface area (Å²) < 4.78 is 0. The number of aliphatic hydroxyl groups is 1. The van der Waals surface area contributed by atoms with E-state index < -0.39 is 0 Å². The van der Waals surface area contributed by atoms with Crippen molar-refractivity contribution in [2.75, 3.05) is 0 Å². The van der Waals surface area contributed by atoms with Crippen LogP contribution in [0.5, 0.6) is 0 Å². The minimum Gasteiger partial charge on any atom is -0.508 e. The molecule has 1 fully saturated rings. The SMILES string of the molecule is OC1=CC=CNC([C]2CCCCCC2)=C1. The molecule has 0 amide bonds. The summed E-state index contributed by atoms with van der Waals surface area (Å²) in [7, 11) is 0. The molecule has 0 atom stereocenters. The minimum absolute atomic E-state index is 0.336. The van der Waals surface area contributed by atoms with Crippen LogP contribution in [0.3, 0.4) is 0 Å². The largest absolute Gasteiger partial charge is 0.508 e. The lowest BCUT2D eigenvalue weighted by Crippen LogP contribution is -2.13. The quantitative estimate of drug-likeness (QED) is 0.642. The van der Waals surface area contributed by atoms with E-state index in [9.17, 15) is 5.11 Å². The molecule has 2 aliphatic rings. The van der Waals surface area contributed by atoms with Crippen molar-refractivity contribution in [2.24, 2.45) is 0 Å². The van der Waals surface area contributed by atoms with E-state index in [1.165, 1.54) is 44.4 Å². The third kappa shape index (κ3) is 2.88. The average molecular weight is 204 g/mol. The predicted molar refractivity (Wildman–Crippen MR) is 62.0 cm³/mol. The van der Waals surface area contributed by atoms with Gasteiger partial charge in [-0.15, -0.1) is 0 Å². The van der Waals surface area contributed by atoms with E-state index in [0.717, 1.165) is 5.70 Å². The van der Waals surface area contributed by atoms with E-state index in [-0.39, 0.29) is 0 Å². The van der Waals surface area contributed by atoms with E-state index in [4.69, 9.17) is 0 Å². The molecule has 81 valence electrons. The molecule has 1 saturated carbocycles. The molecule has 2 rings (SSSR count). The summed E-state index contributed by atoms with van der Waals surface area (Å²) >= 11 is 0. The summed E-state index contributed by atoms with van der Waals surface area (Å²) in [5, 5.41) is 12.8. The van der Waals surface area contributed by atoms with Gasteiger partial charge in [-0.1, -0.05) is 25.7 Å². The molecule has 0 aromatic carbocycles. The van der Waals surface area contributed by atoms with Crippen LogP contribution >= 0.6 is 0 Å². The van der Waals surface area contributed by atoms with Crippen LogP contribution in [0.25, 0.3) is 0 Å². The summed E-state index contributed by atoms with van der Waals surface area (Å²) in [6.07, 6.45) is 14.8. The van der Waals surface area contributed by atoms with Crippen LogP contribution in [0.15, 0.2) is 35.9 Å². The first kappa shape index (κ1) is 10.3. The number of hydrogen-bond donors (Lipinski definition) is 2. The Morgan fingerprint density at radius 3 is 2.53 bits per heavy atom. The van der Waals surface area contributed by atoms with Crippen molar-refractivity contribution in [2.45, 2.75) is 38.5 Å². The van der Waals surface area contributed by atoms with Crippen LogP contribution in [-0.2, 0) is 0 Å². The van der Waals surface area contributed by atoms with Gasteiger partial charge < -0.3 is 10.4 Å². The summed E-state index contributed by atoms with van der Waals surface area (Å²) in [5.74, 6) is 1.79. The number of allylic oxidation sites excluding steroid dienone is 4. The van der Waals surface area contributed by atoms with Gasteiger partial charge >= 0.3 is 0 Å². The van der Waals surface area contributed by atoms with Crippen molar-refractivity contribution < 1.29 is 5.11 Å². The maximum Gasteiger partial charge on any atom is 0.117 e. The van der Waals surface area contributed by atoms with Crippen LogP contribution in [-0.4, -0.2) is 5.11 Å². The highest BCUT2D eigenvalue weighted by Gasteiger charge is 2.17. The van der Waals surface area contributed by atoms with Gasteiger partial charge in [-0.25, -0.2) is 0 Å². The van der Waals surface area contributed by atoms with Crippen molar-refractivity contribution in [1.29, 1.82) is 0 Å². The predicted octanol–water partition coefficient (Wildman–Crippen LogP) is 3.36. The van der Waals surface area contributed by atoms with Crippen molar-refractivity contribution in [1.82, 2.24) is 5.32 Å². The van der Waals surface area contributed by atoms with E-state index in [1.54, 1.807) is 6.08 Å². The molecule has 2 N–H and O–H groups in total. The van der Waals surface area contributed by atoms with Gasteiger partial charge in [0.05, 0.1) is 0 Å². The second kappa shape index (κ2) is 5.06. The molecule has 0 spiro atoms. The highest BCUT2D eigenvalue weighted by atomic mass is 16.3. The molecule has 0 bridgehead atoms. The number of rotatable bonds is 1. The smallest absolute Gasteiger partial charge is 0.117 e. The Balaban J connectivity index is 2.08. The third-order valence-corrected chi connectivity index (χ3v) is 2.98. The summed E-state index contributed by atoms with van der Waals surface area (Å²) in [4.78, 5) is 0. The molecule has 1 aliphatic carbocycles. The Labute approximate surface area is 91.4 Å². The summed E-state index contributed by atoms with van der Waals surface area (Å²) in [5.41, 5.74) is 1.10. The van der Waals surface area contributed by atoms with Crippen LogP contribution in [0.4, 0.5) is 0 Å². The zero-order chi connectivity index (χ0) is 10.5. The third-order valence-electron chi connectivity index (χ3n) is 2.98. The number of aliphatic hydroxyl groups excluding tert-OH is 1. The molecular weight excluding hydrogens is 186 g/mol. The molecule has 15 heavy (non-hydrogen) atoms. The molecular formula is C13H18NO. The fraction of sp³-hybridized carbons (Fsp3) is 0.462. The molecule has 1 radical (unpaired) electrons. The normalized spacial score (nSPS) is 23.5. The van der Waals surface area contributed by atoms with E-state index >= 15 is 0 Å². The monoisotopic (exact) mass is 204 g/mol. The first-order valence-electron chi connectivity index (χ1n) is 5.75. The summed E-state index contributed by atoms with van der Waals surface area (Å²) in [6, 6.07) is 0. The van der Waals surface area contributed by atoms with Crippen LogP contribution in [0, 0.1) is 5.92 Å². The Morgan fingerprint density at radius 2 is 1.80 bits per heavy atom. The van der Waals surface area contributed by atoms with Crippen molar-refractivity contribution in [3.8, 4) is 0 Å². The fourth-order valence-electron chi connectivity index (χ4n) is 2.15. The highest BCUT2D eigenvalue weighted by molar-refractivity contribution is 5.34. The molecule has 1 heterocycles. The number of nitrogens with one attached hydrogen (secondary N) is 1. The topological polar surface area (TPSA) is 32.3 Å². The first-order chi connectivity index (χ1) is 7.36. The zero-order valence-corrected chi connectivity index (χ0v) is 9.00. The van der Waals surface area contributed by atoms with Crippen LogP contribution in [0.2, 0.25) is 0 Å². The maximum absolute atomic E-state index is 9.54. The van der Waals surface area contributed by atoms with E-state index in [0.29, 0.717) is 5.76 Å². The lowest BCUT2D eigenvalue weighted by molar-refractivity contribution is 0.431.